The van der Waals surface area contributed by atoms with E-state index >= 15 is 0 Å². The molecule has 0 aliphatic rings. The van der Waals surface area contributed by atoms with Gasteiger partial charge in [0.05, 0.1) is 15.6 Å². The van der Waals surface area contributed by atoms with E-state index in [1.165, 1.54) is 11.3 Å². The molecule has 0 radical (unpaired) electrons. The molecule has 3 rings (SSSR count). The van der Waals surface area contributed by atoms with Crippen LogP contribution in [0.1, 0.15) is 10.6 Å². The second-order valence-electron chi connectivity index (χ2n) is 6.10. The first-order chi connectivity index (χ1) is 14.1. The van der Waals surface area contributed by atoms with Gasteiger partial charge in [0.2, 0.25) is 0 Å². The summed E-state index contributed by atoms with van der Waals surface area (Å²) in [5, 5.41) is 16.0. The molecule has 0 unspecified atom stereocenters. The highest BCUT2D eigenvalue weighted by Gasteiger charge is 2.36. The molecular weight excluding hydrogens is 423 g/mol. The summed E-state index contributed by atoms with van der Waals surface area (Å²) in [6, 6.07) is 8.88. The normalized spacial score (nSPS) is 11.2. The predicted octanol–water partition coefficient (Wildman–Crippen LogP) is 5.06. The maximum Gasteiger partial charge on any atom is 0.420 e. The van der Waals surface area contributed by atoms with Gasteiger partial charge in [-0.1, -0.05) is 12.1 Å². The van der Waals surface area contributed by atoms with Gasteiger partial charge in [-0.05, 0) is 25.1 Å². The molecule has 0 saturated carbocycles. The van der Waals surface area contributed by atoms with Crippen LogP contribution < -0.4 is 10.1 Å². The van der Waals surface area contributed by atoms with Gasteiger partial charge < -0.3 is 10.1 Å². The number of aromatic nitrogens is 1. The predicted molar refractivity (Wildman–Crippen MR) is 105 cm³/mol. The van der Waals surface area contributed by atoms with Crippen LogP contribution in [0, 0.1) is 17.0 Å². The topological polar surface area (TPSA) is 94.4 Å². The molecule has 30 heavy (non-hydrogen) atoms. The molecule has 1 heterocycles. The van der Waals surface area contributed by atoms with Crippen molar-refractivity contribution in [2.45, 2.75) is 13.1 Å². The van der Waals surface area contributed by atoms with Gasteiger partial charge in [-0.2, -0.15) is 13.2 Å². The fourth-order valence-electron chi connectivity index (χ4n) is 2.57. The molecule has 0 aliphatic carbocycles. The van der Waals surface area contributed by atoms with E-state index in [2.05, 4.69) is 10.3 Å². The Morgan fingerprint density at radius 2 is 2.03 bits per heavy atom. The highest BCUT2D eigenvalue weighted by atomic mass is 32.1. The number of hydrogen-bond acceptors (Lipinski definition) is 6. The zero-order chi connectivity index (χ0) is 21.9. The van der Waals surface area contributed by atoms with Gasteiger partial charge in [-0.25, -0.2) is 4.98 Å². The van der Waals surface area contributed by atoms with Crippen molar-refractivity contribution in [3.8, 4) is 17.0 Å². The molecule has 2 aromatic carbocycles. The second kappa shape index (κ2) is 8.49. The maximum atomic E-state index is 13.2. The van der Waals surface area contributed by atoms with Gasteiger partial charge in [0.1, 0.15) is 11.3 Å². The summed E-state index contributed by atoms with van der Waals surface area (Å²) in [6.45, 7) is 1.16. The first-order valence-corrected chi connectivity index (χ1v) is 9.32. The molecular formula is C19H14F3N3O4S. The zero-order valence-corrected chi connectivity index (χ0v) is 16.2. The molecule has 1 amide bonds. The van der Waals surface area contributed by atoms with E-state index in [-0.39, 0.29) is 0 Å². The first kappa shape index (κ1) is 21.2. The average molecular weight is 437 g/mol. The third-order valence-electron chi connectivity index (χ3n) is 3.90. The third-order valence-corrected chi connectivity index (χ3v) is 4.67. The lowest BCUT2D eigenvalue weighted by atomic mass is 10.1. The fraction of sp³-hybridized carbons (Fsp3) is 0.158. The zero-order valence-electron chi connectivity index (χ0n) is 15.4. The van der Waals surface area contributed by atoms with Gasteiger partial charge in [0.25, 0.3) is 11.6 Å². The molecule has 0 spiro atoms. The number of thiazole rings is 1. The van der Waals surface area contributed by atoms with Crippen LogP contribution in [0.4, 0.5) is 24.5 Å². The number of nitro benzene ring substituents is 1. The van der Waals surface area contributed by atoms with Gasteiger partial charge >= 0.3 is 6.18 Å². The van der Waals surface area contributed by atoms with Gasteiger partial charge in [0.15, 0.2) is 6.61 Å². The number of anilines is 1. The number of ether oxygens (including phenoxy) is 1. The Morgan fingerprint density at radius 3 is 2.67 bits per heavy atom. The van der Waals surface area contributed by atoms with Crippen molar-refractivity contribution in [2.75, 3.05) is 11.9 Å². The SMILES string of the molecule is Cc1nc(-c2cccc(NC(=O)COc3ccc([N+](=O)[O-])cc3C(F)(F)F)c2)cs1. The average Bonchev–Trinajstić information content (AvgIpc) is 3.12. The Kier molecular flexibility index (Phi) is 6.01. The van der Waals surface area contributed by atoms with E-state index in [0.29, 0.717) is 11.8 Å². The van der Waals surface area contributed by atoms with Crippen LogP contribution in [0.2, 0.25) is 0 Å². The highest BCUT2D eigenvalue weighted by Crippen LogP contribution is 2.38. The monoisotopic (exact) mass is 437 g/mol. The molecule has 1 aromatic heterocycles. The van der Waals surface area contributed by atoms with E-state index in [1.807, 2.05) is 18.4 Å². The number of halogens is 3. The maximum absolute atomic E-state index is 13.2. The van der Waals surface area contributed by atoms with Crippen LogP contribution in [0.15, 0.2) is 47.8 Å². The van der Waals surface area contributed by atoms with Gasteiger partial charge in [-0.3, -0.25) is 14.9 Å². The summed E-state index contributed by atoms with van der Waals surface area (Å²) >= 11 is 1.48. The van der Waals surface area contributed by atoms with Gasteiger partial charge in [0, 0.05) is 28.8 Å². The molecule has 7 nitrogen and oxygen atoms in total. The number of aryl methyl sites for hydroxylation is 1. The molecule has 0 fully saturated rings. The lowest BCUT2D eigenvalue weighted by molar-refractivity contribution is -0.385. The van der Waals surface area contributed by atoms with Crippen molar-refractivity contribution in [2.24, 2.45) is 0 Å². The third kappa shape index (κ3) is 5.11. The van der Waals surface area contributed by atoms with Crippen molar-refractivity contribution in [3.63, 3.8) is 0 Å². The number of carbonyl (C=O) groups excluding carboxylic acids is 1. The standard InChI is InChI=1S/C19H14F3N3O4S/c1-11-23-16(10-30-11)12-3-2-4-13(7-12)24-18(26)9-29-17-6-5-14(25(27)28)8-15(17)19(20,21)22/h2-8,10H,9H2,1H3,(H,24,26). The van der Waals surface area contributed by atoms with Crippen LogP contribution in [0.3, 0.4) is 0 Å². The van der Waals surface area contributed by atoms with Crippen LogP contribution in [0.25, 0.3) is 11.3 Å². The first-order valence-electron chi connectivity index (χ1n) is 8.44. The summed E-state index contributed by atoms with van der Waals surface area (Å²) in [4.78, 5) is 26.3. The Morgan fingerprint density at radius 1 is 1.27 bits per heavy atom. The Balaban J connectivity index is 1.70. The number of alkyl halides is 3. The Bertz CT molecular complexity index is 1100. The quantitative estimate of drug-likeness (QED) is 0.430. The lowest BCUT2D eigenvalue weighted by Gasteiger charge is -2.14. The second-order valence-corrected chi connectivity index (χ2v) is 7.17. The van der Waals surface area contributed by atoms with Crippen molar-refractivity contribution in [3.05, 3.63) is 68.5 Å². The molecule has 0 atom stereocenters. The summed E-state index contributed by atoms with van der Waals surface area (Å²) < 4.78 is 44.5. The molecule has 11 heteroatoms. The Labute approximate surface area is 172 Å². The summed E-state index contributed by atoms with van der Waals surface area (Å²) in [7, 11) is 0. The van der Waals surface area contributed by atoms with E-state index in [1.54, 1.807) is 18.2 Å². The number of amides is 1. The minimum atomic E-state index is -4.88. The van der Waals surface area contributed by atoms with Crippen LogP contribution in [-0.4, -0.2) is 22.4 Å². The van der Waals surface area contributed by atoms with Crippen LogP contribution >= 0.6 is 11.3 Å². The fourth-order valence-corrected chi connectivity index (χ4v) is 3.19. The highest BCUT2D eigenvalue weighted by molar-refractivity contribution is 7.09. The smallest absolute Gasteiger partial charge is 0.420 e. The number of non-ortho nitro benzene ring substituents is 1. The number of nitro groups is 1. The molecule has 1 N–H and O–H groups in total. The minimum absolute atomic E-state index is 0.368. The molecule has 3 aromatic rings. The summed E-state index contributed by atoms with van der Waals surface area (Å²) in [5.74, 6) is -1.36. The molecule has 156 valence electrons. The molecule has 0 bridgehead atoms. The summed E-state index contributed by atoms with van der Waals surface area (Å²) in [6.07, 6.45) is -4.88. The minimum Gasteiger partial charge on any atom is -0.483 e. The van der Waals surface area contributed by atoms with Crippen molar-refractivity contribution < 1.29 is 27.6 Å². The van der Waals surface area contributed by atoms with E-state index < -0.39 is 40.6 Å². The number of rotatable bonds is 6. The molecule has 0 aliphatic heterocycles. The van der Waals surface area contributed by atoms with Crippen LogP contribution in [-0.2, 0) is 11.0 Å². The number of benzene rings is 2. The number of hydrogen-bond donors (Lipinski definition) is 1. The lowest BCUT2D eigenvalue weighted by Crippen LogP contribution is -2.21. The number of carbonyl (C=O) groups is 1. The van der Waals surface area contributed by atoms with Crippen LogP contribution in [0.5, 0.6) is 5.75 Å². The van der Waals surface area contributed by atoms with E-state index in [4.69, 9.17) is 4.74 Å². The Hall–Kier alpha value is -3.47. The van der Waals surface area contributed by atoms with Crippen molar-refractivity contribution >= 4 is 28.6 Å². The number of nitrogens with zero attached hydrogens (tertiary/aromatic N) is 2. The molecule has 0 saturated heterocycles. The van der Waals surface area contributed by atoms with Gasteiger partial charge in [-0.15, -0.1) is 11.3 Å². The van der Waals surface area contributed by atoms with E-state index in [0.717, 1.165) is 28.4 Å². The number of nitrogens with one attached hydrogen (secondary N) is 1. The van der Waals surface area contributed by atoms with Crippen molar-refractivity contribution in [1.82, 2.24) is 4.98 Å². The van der Waals surface area contributed by atoms with Crippen molar-refractivity contribution in [1.29, 1.82) is 0 Å². The van der Waals surface area contributed by atoms with E-state index in [9.17, 15) is 28.1 Å². The largest absolute Gasteiger partial charge is 0.483 e. The summed E-state index contributed by atoms with van der Waals surface area (Å²) in [5.41, 5.74) is -0.122.